The average Bonchev–Trinajstić information content (AvgIpc) is 3.55. The van der Waals surface area contributed by atoms with Crippen LogP contribution in [-0.2, 0) is 18.6 Å². The molecule has 1 unspecified atom stereocenters. The molecule has 2 heterocycles. The molecule has 0 aliphatic heterocycles. The molecule has 1 aromatic carbocycles. The summed E-state index contributed by atoms with van der Waals surface area (Å²) < 4.78 is 32.4. The number of esters is 1. The van der Waals surface area contributed by atoms with Crippen LogP contribution in [0.2, 0.25) is 0 Å². The van der Waals surface area contributed by atoms with Gasteiger partial charge in [-0.15, -0.1) is 0 Å². The first-order valence-electron chi connectivity index (χ1n) is 12.1. The first kappa shape index (κ1) is 26.7. The monoisotopic (exact) mass is 529 g/mol. The molecule has 12 nitrogen and oxygen atoms in total. The lowest BCUT2D eigenvalue weighted by atomic mass is 10.1. The zero-order chi connectivity index (χ0) is 26.3. The second-order valence-electron chi connectivity index (χ2n) is 8.72. The van der Waals surface area contributed by atoms with E-state index in [1.54, 1.807) is 30.6 Å². The quantitative estimate of drug-likeness (QED) is 0.129. The lowest BCUT2D eigenvalue weighted by Gasteiger charge is -2.25. The van der Waals surface area contributed by atoms with Gasteiger partial charge in [0.15, 0.2) is 11.5 Å². The molecular weight excluding hydrogens is 497 g/mol. The van der Waals surface area contributed by atoms with E-state index in [0.717, 1.165) is 0 Å². The van der Waals surface area contributed by atoms with Gasteiger partial charge in [0.25, 0.3) is 0 Å². The van der Waals surface area contributed by atoms with Crippen molar-refractivity contribution >= 4 is 30.7 Å². The van der Waals surface area contributed by atoms with Gasteiger partial charge < -0.3 is 25.3 Å². The Labute approximate surface area is 215 Å². The average molecular weight is 530 g/mol. The Morgan fingerprint density at radius 2 is 2.03 bits per heavy atom. The molecule has 0 saturated carbocycles. The maximum Gasteiger partial charge on any atom is 0.459 e. The number of allylic oxidation sites excluding steroid dienone is 1. The fourth-order valence-corrected chi connectivity index (χ4v) is 5.74. The summed E-state index contributed by atoms with van der Waals surface area (Å²) in [5, 5.41) is 2.81. The lowest BCUT2D eigenvalue weighted by molar-refractivity contribution is -0.142. The number of para-hydroxylation sites is 1. The predicted octanol–water partition coefficient (Wildman–Crippen LogP) is 2.99. The van der Waals surface area contributed by atoms with Crippen LogP contribution in [0.25, 0.3) is 11.2 Å². The number of imidazole rings is 1. The van der Waals surface area contributed by atoms with Crippen molar-refractivity contribution in [3.05, 3.63) is 55.1 Å². The predicted molar refractivity (Wildman–Crippen MR) is 138 cm³/mol. The van der Waals surface area contributed by atoms with Gasteiger partial charge in [0.1, 0.15) is 23.6 Å². The van der Waals surface area contributed by atoms with Crippen LogP contribution in [0.5, 0.6) is 5.75 Å². The molecule has 5 N–H and O–H groups in total. The third kappa shape index (κ3) is 6.72. The summed E-state index contributed by atoms with van der Waals surface area (Å²) in [7, 11) is -2.68. The van der Waals surface area contributed by atoms with Crippen molar-refractivity contribution in [3.8, 4) is 5.75 Å². The van der Waals surface area contributed by atoms with Crippen LogP contribution >= 0.6 is 7.75 Å². The van der Waals surface area contributed by atoms with Gasteiger partial charge in [-0.05, 0) is 37.9 Å². The van der Waals surface area contributed by atoms with Crippen molar-refractivity contribution in [2.24, 2.45) is 11.7 Å². The third-order valence-corrected chi connectivity index (χ3v) is 7.64. The number of rotatable bonds is 13. The molecule has 4 rings (SSSR count). The molecule has 0 amide bonds. The number of nitrogens with one attached hydrogen (secondary N) is 1. The van der Waals surface area contributed by atoms with Crippen LogP contribution in [0.4, 0.5) is 5.82 Å². The zero-order valence-corrected chi connectivity index (χ0v) is 21.5. The van der Waals surface area contributed by atoms with Crippen LogP contribution in [-0.4, -0.2) is 51.8 Å². The topological polar surface area (TPSA) is 169 Å². The number of nitrogens with two attached hydrogens (primary N) is 2. The van der Waals surface area contributed by atoms with E-state index in [4.69, 9.17) is 25.3 Å². The fraction of sp³-hybridized carbons (Fsp3) is 0.417. The van der Waals surface area contributed by atoms with Gasteiger partial charge in [-0.25, -0.2) is 19.5 Å². The minimum Gasteiger partial charge on any atom is -0.468 e. The lowest BCUT2D eigenvalue weighted by Crippen LogP contribution is -2.37. The molecule has 3 aromatic rings. The summed E-state index contributed by atoms with van der Waals surface area (Å²) in [5.41, 5.74) is 12.7. The number of methoxy groups -OCH3 is 1. The Morgan fingerprint density at radius 1 is 1.22 bits per heavy atom. The number of anilines is 1. The van der Waals surface area contributed by atoms with E-state index in [2.05, 4.69) is 20.0 Å². The Bertz CT molecular complexity index is 1270. The standard InChI is InChI=1S/C24H32N7O5P/c1-34-24(32)20(9-5-6-12-25)30-37(33,36-19-7-3-2-4-8-19)35-14-17-10-11-18(13-17)31-16-29-21-22(26)27-15-28-23(21)31/h2-4,7-8,10-11,15-18,20H,5-6,9,12-14,25H2,1H3,(H,30,33)(H2,26,27,28)/t17-,18+,20-,37?/m0/s1. The summed E-state index contributed by atoms with van der Waals surface area (Å²) in [6.07, 6.45) is 9.50. The number of unbranched alkanes of at least 4 members (excludes halogenated alkanes) is 1. The van der Waals surface area contributed by atoms with Crippen LogP contribution in [0, 0.1) is 5.92 Å². The fourth-order valence-electron chi connectivity index (χ4n) is 4.16. The van der Waals surface area contributed by atoms with Gasteiger partial charge in [-0.3, -0.25) is 9.32 Å². The minimum absolute atomic E-state index is 0.0330. The number of fused-ring (bicyclic) bond motifs is 1. The number of benzene rings is 1. The summed E-state index contributed by atoms with van der Waals surface area (Å²) >= 11 is 0. The summed E-state index contributed by atoms with van der Waals surface area (Å²) in [4.78, 5) is 25.0. The maximum atomic E-state index is 13.9. The van der Waals surface area contributed by atoms with E-state index >= 15 is 0 Å². The van der Waals surface area contributed by atoms with Crippen LogP contribution in [0.1, 0.15) is 31.7 Å². The van der Waals surface area contributed by atoms with Crippen molar-refractivity contribution in [1.82, 2.24) is 24.6 Å². The highest BCUT2D eigenvalue weighted by Crippen LogP contribution is 2.46. The maximum absolute atomic E-state index is 13.9. The molecule has 1 aliphatic rings. The zero-order valence-electron chi connectivity index (χ0n) is 20.6. The van der Waals surface area contributed by atoms with Crippen molar-refractivity contribution in [2.45, 2.75) is 37.8 Å². The first-order valence-corrected chi connectivity index (χ1v) is 13.6. The highest BCUT2D eigenvalue weighted by atomic mass is 31.2. The summed E-state index contributed by atoms with van der Waals surface area (Å²) in [6, 6.07) is 7.77. The Morgan fingerprint density at radius 3 is 2.78 bits per heavy atom. The molecule has 2 aromatic heterocycles. The van der Waals surface area contributed by atoms with Crippen LogP contribution in [0.15, 0.2) is 55.1 Å². The minimum atomic E-state index is -3.96. The molecule has 0 spiro atoms. The van der Waals surface area contributed by atoms with E-state index in [-0.39, 0.29) is 18.6 Å². The summed E-state index contributed by atoms with van der Waals surface area (Å²) in [5.74, 6) is 0.0599. The van der Waals surface area contributed by atoms with E-state index in [1.165, 1.54) is 13.4 Å². The first-order chi connectivity index (χ1) is 17.9. The molecule has 0 saturated heterocycles. The number of nitrogens with zero attached hydrogens (tertiary/aromatic N) is 4. The SMILES string of the molecule is COC(=O)[C@H](CCCCN)NP(=O)(OC[C@H]1C=C[C@@H](n2cnc3c(N)ncnc32)C1)Oc1ccccc1. The third-order valence-electron chi connectivity index (χ3n) is 6.07. The van der Waals surface area contributed by atoms with E-state index in [9.17, 15) is 9.36 Å². The van der Waals surface area contributed by atoms with Gasteiger partial charge in [0, 0.05) is 5.92 Å². The number of hydrogen-bond donors (Lipinski definition) is 3. The van der Waals surface area contributed by atoms with Crippen molar-refractivity contribution < 1.29 is 23.1 Å². The second-order valence-corrected chi connectivity index (χ2v) is 10.4. The van der Waals surface area contributed by atoms with Crippen molar-refractivity contribution in [2.75, 3.05) is 26.0 Å². The molecule has 0 fully saturated rings. The number of carbonyl (C=O) groups excluding carboxylic acids is 1. The normalized spacial score (nSPS) is 19.5. The highest BCUT2D eigenvalue weighted by Gasteiger charge is 2.35. The van der Waals surface area contributed by atoms with Crippen LogP contribution < -0.4 is 21.1 Å². The Balaban J connectivity index is 1.45. The van der Waals surface area contributed by atoms with Gasteiger partial charge >= 0.3 is 13.7 Å². The van der Waals surface area contributed by atoms with E-state index in [1.807, 2.05) is 22.8 Å². The number of hydrogen-bond acceptors (Lipinski definition) is 10. The number of aromatic nitrogens is 4. The molecule has 13 heteroatoms. The van der Waals surface area contributed by atoms with Gasteiger partial charge in [-0.1, -0.05) is 36.8 Å². The van der Waals surface area contributed by atoms with Crippen LogP contribution in [0.3, 0.4) is 0 Å². The smallest absolute Gasteiger partial charge is 0.459 e. The van der Waals surface area contributed by atoms with Gasteiger partial charge in [0.2, 0.25) is 0 Å². The van der Waals surface area contributed by atoms with E-state index in [0.29, 0.717) is 55.0 Å². The molecule has 0 bridgehead atoms. The largest absolute Gasteiger partial charge is 0.468 e. The highest BCUT2D eigenvalue weighted by molar-refractivity contribution is 7.52. The number of carbonyl (C=O) groups is 1. The number of nitrogen functional groups attached to an aromatic ring is 1. The Kier molecular flexibility index (Phi) is 8.88. The van der Waals surface area contributed by atoms with E-state index < -0.39 is 19.8 Å². The molecule has 37 heavy (non-hydrogen) atoms. The number of ether oxygens (including phenoxy) is 1. The van der Waals surface area contributed by atoms with Gasteiger partial charge in [-0.2, -0.15) is 5.09 Å². The Hall–Kier alpha value is -3.31. The molecular formula is C24H32N7O5P. The summed E-state index contributed by atoms with van der Waals surface area (Å²) in [6.45, 7) is 0.590. The van der Waals surface area contributed by atoms with Crippen molar-refractivity contribution in [1.29, 1.82) is 0 Å². The molecule has 198 valence electrons. The molecule has 1 aliphatic carbocycles. The van der Waals surface area contributed by atoms with Crippen molar-refractivity contribution in [3.63, 3.8) is 0 Å². The molecule has 0 radical (unpaired) electrons. The second kappa shape index (κ2) is 12.3. The molecule has 4 atom stereocenters. The van der Waals surface area contributed by atoms with Gasteiger partial charge in [0.05, 0.1) is 26.1 Å².